The van der Waals surface area contributed by atoms with Gasteiger partial charge in [-0.3, -0.25) is 0 Å². The Labute approximate surface area is 138 Å². The van der Waals surface area contributed by atoms with Gasteiger partial charge in [0.25, 0.3) is 0 Å². The quantitative estimate of drug-likeness (QED) is 0.812. The minimum Gasteiger partial charge on any atom is -0.494 e. The van der Waals surface area contributed by atoms with Crippen LogP contribution in [0.15, 0.2) is 24.3 Å². The first-order valence-electron chi connectivity index (χ1n) is 8.21. The number of carbonyl (C=O) groups is 1. The van der Waals surface area contributed by atoms with E-state index in [1.807, 2.05) is 32.9 Å². The van der Waals surface area contributed by atoms with Crippen molar-refractivity contribution >= 4 is 6.03 Å². The number of nitrogens with zero attached hydrogens (tertiary/aromatic N) is 1. The average molecular weight is 320 g/mol. The summed E-state index contributed by atoms with van der Waals surface area (Å²) in [5.74, 6) is 1.26. The van der Waals surface area contributed by atoms with Crippen molar-refractivity contribution in [1.29, 1.82) is 0 Å². The fraction of sp³-hybridized carbons (Fsp3) is 0.611. The highest BCUT2D eigenvalue weighted by Crippen LogP contribution is 2.41. The van der Waals surface area contributed by atoms with Gasteiger partial charge in [0, 0.05) is 37.6 Å². The normalized spacial score (nSPS) is 20.0. The van der Waals surface area contributed by atoms with Gasteiger partial charge in [-0.2, -0.15) is 0 Å². The van der Waals surface area contributed by atoms with Crippen LogP contribution in [0.2, 0.25) is 0 Å². The minimum atomic E-state index is -0.288. The fourth-order valence-corrected chi connectivity index (χ4v) is 2.73. The van der Waals surface area contributed by atoms with Crippen LogP contribution in [0.4, 0.5) is 4.79 Å². The topological polar surface area (TPSA) is 61.8 Å². The molecule has 5 heteroatoms. The summed E-state index contributed by atoms with van der Waals surface area (Å²) in [5, 5.41) is 12.4. The summed E-state index contributed by atoms with van der Waals surface area (Å²) in [4.78, 5) is 13.9. The molecule has 0 spiro atoms. The number of ether oxygens (including phenoxy) is 1. The number of rotatable bonds is 7. The number of carbonyl (C=O) groups excluding carboxylic acids is 1. The third-order valence-electron chi connectivity index (χ3n) is 4.16. The number of hydrogen-bond donors (Lipinski definition) is 2. The van der Waals surface area contributed by atoms with E-state index in [2.05, 4.69) is 17.4 Å². The maximum atomic E-state index is 12.2. The molecule has 5 nitrogen and oxygen atoms in total. The summed E-state index contributed by atoms with van der Waals surface area (Å²) < 4.78 is 5.44. The molecule has 2 N–H and O–H groups in total. The lowest BCUT2D eigenvalue weighted by Gasteiger charge is -2.28. The first-order chi connectivity index (χ1) is 10.9. The van der Waals surface area contributed by atoms with E-state index in [-0.39, 0.29) is 24.1 Å². The molecular weight excluding hydrogens is 292 g/mol. The van der Waals surface area contributed by atoms with Crippen molar-refractivity contribution < 1.29 is 14.6 Å². The SMILES string of the molecule is CCOc1ccc([C@@H]2C[C@H]2NC(=O)N(C)CC(C)(C)CO)cc1. The second-order valence-electron chi connectivity index (χ2n) is 7.08. The molecule has 1 fully saturated rings. The molecule has 23 heavy (non-hydrogen) atoms. The molecule has 1 aliphatic rings. The third-order valence-corrected chi connectivity index (χ3v) is 4.16. The lowest BCUT2D eigenvalue weighted by molar-refractivity contribution is 0.121. The first-order valence-corrected chi connectivity index (χ1v) is 8.21. The summed E-state index contributed by atoms with van der Waals surface area (Å²) in [6.45, 7) is 7.10. The molecule has 0 saturated heterocycles. The van der Waals surface area contributed by atoms with Crippen LogP contribution in [0.3, 0.4) is 0 Å². The summed E-state index contributed by atoms with van der Waals surface area (Å²) in [5.41, 5.74) is 0.946. The summed E-state index contributed by atoms with van der Waals surface area (Å²) in [7, 11) is 1.76. The second-order valence-corrected chi connectivity index (χ2v) is 7.08. The van der Waals surface area contributed by atoms with Gasteiger partial charge in [-0.1, -0.05) is 26.0 Å². The lowest BCUT2D eigenvalue weighted by atomic mass is 9.94. The molecule has 0 aliphatic heterocycles. The molecular formula is C18H28N2O3. The molecule has 128 valence electrons. The average Bonchev–Trinajstić information content (AvgIpc) is 3.27. The summed E-state index contributed by atoms with van der Waals surface area (Å²) in [6, 6.07) is 8.21. The highest BCUT2D eigenvalue weighted by molar-refractivity contribution is 5.75. The van der Waals surface area contributed by atoms with Gasteiger partial charge in [0.15, 0.2) is 0 Å². The zero-order valence-electron chi connectivity index (χ0n) is 14.5. The van der Waals surface area contributed by atoms with E-state index in [9.17, 15) is 9.90 Å². The van der Waals surface area contributed by atoms with Gasteiger partial charge in [0.05, 0.1) is 6.61 Å². The van der Waals surface area contributed by atoms with E-state index in [0.29, 0.717) is 19.1 Å². The van der Waals surface area contributed by atoms with E-state index in [1.54, 1.807) is 11.9 Å². The van der Waals surface area contributed by atoms with Gasteiger partial charge >= 0.3 is 6.03 Å². The summed E-state index contributed by atoms with van der Waals surface area (Å²) >= 11 is 0. The Kier molecular flexibility index (Phi) is 5.52. The smallest absolute Gasteiger partial charge is 0.317 e. The van der Waals surface area contributed by atoms with Crippen molar-refractivity contribution in [2.24, 2.45) is 5.41 Å². The molecule has 0 heterocycles. The van der Waals surface area contributed by atoms with E-state index in [1.165, 1.54) is 5.56 Å². The molecule has 1 aromatic rings. The Hall–Kier alpha value is -1.75. The molecule has 0 bridgehead atoms. The van der Waals surface area contributed by atoms with Crippen molar-refractivity contribution in [1.82, 2.24) is 10.2 Å². The molecule has 0 aromatic heterocycles. The van der Waals surface area contributed by atoms with Crippen LogP contribution in [0.25, 0.3) is 0 Å². The van der Waals surface area contributed by atoms with Crippen LogP contribution >= 0.6 is 0 Å². The van der Waals surface area contributed by atoms with Crippen molar-refractivity contribution in [2.75, 3.05) is 26.8 Å². The number of aliphatic hydroxyl groups excluding tert-OH is 1. The third kappa shape index (κ3) is 4.86. The molecule has 1 aliphatic carbocycles. The van der Waals surface area contributed by atoms with Crippen LogP contribution in [-0.2, 0) is 0 Å². The van der Waals surface area contributed by atoms with Crippen molar-refractivity contribution in [3.05, 3.63) is 29.8 Å². The van der Waals surface area contributed by atoms with E-state index in [0.717, 1.165) is 12.2 Å². The molecule has 0 radical (unpaired) electrons. The van der Waals surface area contributed by atoms with E-state index >= 15 is 0 Å². The lowest BCUT2D eigenvalue weighted by Crippen LogP contribution is -2.44. The van der Waals surface area contributed by atoms with Gasteiger partial charge in [0.1, 0.15) is 5.75 Å². The van der Waals surface area contributed by atoms with Crippen LogP contribution in [0.5, 0.6) is 5.75 Å². The van der Waals surface area contributed by atoms with Gasteiger partial charge < -0.3 is 20.1 Å². The van der Waals surface area contributed by atoms with Gasteiger partial charge in [-0.25, -0.2) is 4.79 Å². The Morgan fingerprint density at radius 2 is 2.04 bits per heavy atom. The Bertz CT molecular complexity index is 528. The maximum absolute atomic E-state index is 12.2. The number of hydrogen-bond acceptors (Lipinski definition) is 3. The van der Waals surface area contributed by atoms with Crippen molar-refractivity contribution in [3.63, 3.8) is 0 Å². The largest absolute Gasteiger partial charge is 0.494 e. The molecule has 2 atom stereocenters. The van der Waals surface area contributed by atoms with Gasteiger partial charge in [0.2, 0.25) is 0 Å². The number of benzene rings is 1. The molecule has 2 rings (SSSR count). The number of nitrogens with one attached hydrogen (secondary N) is 1. The second kappa shape index (κ2) is 7.21. The number of amides is 2. The van der Waals surface area contributed by atoms with Crippen LogP contribution in [-0.4, -0.2) is 48.9 Å². The number of aliphatic hydroxyl groups is 1. The van der Waals surface area contributed by atoms with Crippen LogP contribution in [0.1, 0.15) is 38.7 Å². The molecule has 0 unspecified atom stereocenters. The van der Waals surface area contributed by atoms with Crippen molar-refractivity contribution in [2.45, 2.75) is 39.2 Å². The maximum Gasteiger partial charge on any atom is 0.317 e. The van der Waals surface area contributed by atoms with Gasteiger partial charge in [-0.15, -0.1) is 0 Å². The van der Waals surface area contributed by atoms with Crippen molar-refractivity contribution in [3.8, 4) is 5.75 Å². The highest BCUT2D eigenvalue weighted by atomic mass is 16.5. The van der Waals surface area contributed by atoms with Crippen LogP contribution < -0.4 is 10.1 Å². The number of urea groups is 1. The minimum absolute atomic E-state index is 0.0584. The molecule has 1 aromatic carbocycles. The van der Waals surface area contributed by atoms with E-state index in [4.69, 9.17) is 4.74 Å². The predicted molar refractivity (Wildman–Crippen MR) is 90.8 cm³/mol. The van der Waals surface area contributed by atoms with E-state index < -0.39 is 0 Å². The fourth-order valence-electron chi connectivity index (χ4n) is 2.73. The monoisotopic (exact) mass is 320 g/mol. The Morgan fingerprint density at radius 3 is 2.61 bits per heavy atom. The first kappa shape index (κ1) is 17.6. The predicted octanol–water partition coefficient (Wildman–Crippen LogP) is 2.60. The Morgan fingerprint density at radius 1 is 1.39 bits per heavy atom. The van der Waals surface area contributed by atoms with Gasteiger partial charge in [-0.05, 0) is 31.0 Å². The Balaban J connectivity index is 1.83. The molecule has 2 amide bonds. The zero-order chi connectivity index (χ0) is 17.0. The van der Waals surface area contributed by atoms with Crippen LogP contribution in [0, 0.1) is 5.41 Å². The zero-order valence-corrected chi connectivity index (χ0v) is 14.5. The highest BCUT2D eigenvalue weighted by Gasteiger charge is 2.40. The molecule has 1 saturated carbocycles. The standard InChI is InChI=1S/C18H28N2O3/c1-5-23-14-8-6-13(7-9-14)15-10-16(15)19-17(22)20(4)11-18(2,3)12-21/h6-9,15-16,21H,5,10-12H2,1-4H3,(H,19,22)/t15-,16+/m0/s1. The summed E-state index contributed by atoms with van der Waals surface area (Å²) in [6.07, 6.45) is 0.969.